The molecule has 10 atom stereocenters. The van der Waals surface area contributed by atoms with E-state index in [1.54, 1.807) is 0 Å². The number of hydrogen-bond donors (Lipinski definition) is 4. The van der Waals surface area contributed by atoms with E-state index in [0.717, 1.165) is 0 Å². The van der Waals surface area contributed by atoms with Crippen LogP contribution in [0.25, 0.3) is 0 Å². The lowest BCUT2D eigenvalue weighted by Crippen LogP contribution is -2.53. The van der Waals surface area contributed by atoms with E-state index in [9.17, 15) is 24.9 Å². The van der Waals surface area contributed by atoms with E-state index < -0.39 is 42.4 Å². The van der Waals surface area contributed by atoms with E-state index >= 15 is 0 Å². The zero-order valence-electron chi connectivity index (χ0n) is 18.5. The monoisotopic (exact) mass is 440 g/mol. The fourth-order valence-corrected chi connectivity index (χ4v) is 5.36. The Labute approximate surface area is 183 Å². The Morgan fingerprint density at radius 3 is 2.65 bits per heavy atom. The van der Waals surface area contributed by atoms with Gasteiger partial charge in [0.1, 0.15) is 17.8 Å². The first-order chi connectivity index (χ1) is 14.6. The molecule has 176 valence electrons. The van der Waals surface area contributed by atoms with Crippen molar-refractivity contribution < 1.29 is 39.5 Å². The van der Waals surface area contributed by atoms with Crippen molar-refractivity contribution in [3.8, 4) is 0 Å². The van der Waals surface area contributed by atoms with Crippen LogP contribution in [0.3, 0.4) is 0 Å². The normalized spacial score (nSPS) is 39.0. The Balaban J connectivity index is 1.71. The molecule has 1 saturated heterocycles. The number of carboxylic acid groups (broad SMARTS) is 1. The highest BCUT2D eigenvalue weighted by molar-refractivity contribution is 5.72. The van der Waals surface area contributed by atoms with Crippen LogP contribution in [-0.4, -0.2) is 68.5 Å². The smallest absolute Gasteiger partial charge is 0.308 e. The minimum Gasteiger partial charge on any atom is -0.481 e. The van der Waals surface area contributed by atoms with Gasteiger partial charge >= 0.3 is 11.9 Å². The van der Waals surface area contributed by atoms with Gasteiger partial charge in [-0.3, -0.25) is 9.59 Å². The highest BCUT2D eigenvalue weighted by atomic mass is 16.6. The van der Waals surface area contributed by atoms with Crippen LogP contribution in [0.2, 0.25) is 0 Å². The Kier molecular flexibility index (Phi) is 7.46. The SMILES string of the molecule is CC[C@H](C)C(=O)O[C@H]1C[C@H](O)[C@@H]2O[C@@]23C=C[C@H](C)[C@H](CC[C@@H](O)C[C@@H](O)CC(=O)O)[C@@H]13. The van der Waals surface area contributed by atoms with Gasteiger partial charge in [-0.15, -0.1) is 0 Å². The molecule has 0 unspecified atom stereocenters. The lowest BCUT2D eigenvalue weighted by molar-refractivity contribution is -0.163. The molecule has 4 N–H and O–H groups in total. The molecule has 0 amide bonds. The molecular formula is C23H36O8. The van der Waals surface area contributed by atoms with Gasteiger partial charge in [-0.2, -0.15) is 0 Å². The number of carbonyl (C=O) groups excluding carboxylic acids is 1. The van der Waals surface area contributed by atoms with Crippen molar-refractivity contribution in [1.29, 1.82) is 0 Å². The van der Waals surface area contributed by atoms with Gasteiger partial charge in [0.25, 0.3) is 0 Å². The summed E-state index contributed by atoms with van der Waals surface area (Å²) in [6.45, 7) is 5.83. The Morgan fingerprint density at radius 1 is 1.29 bits per heavy atom. The molecule has 1 heterocycles. The predicted octanol–water partition coefficient (Wildman–Crippen LogP) is 1.65. The maximum absolute atomic E-state index is 12.5. The number of aliphatic hydroxyl groups excluding tert-OH is 3. The minimum atomic E-state index is -1.10. The summed E-state index contributed by atoms with van der Waals surface area (Å²) in [4.78, 5) is 23.3. The standard InChI is InChI=1S/C23H36O8/c1-4-12(2)22(29)30-18-11-17(26)21-23(31-21)8-7-13(3)16(20(18)23)6-5-14(24)9-15(25)10-19(27)28/h7-8,12-18,20-21,24-26H,4-6,9-11H2,1-3H3,(H,27,28)/t12-,13-,14+,15+,16-,17-,18-,20-,21-,23+/m0/s1. The lowest BCUT2D eigenvalue weighted by Gasteiger charge is -2.45. The lowest BCUT2D eigenvalue weighted by atomic mass is 9.61. The molecule has 3 aliphatic rings. The van der Waals surface area contributed by atoms with E-state index in [0.29, 0.717) is 25.7 Å². The third-order valence-corrected chi connectivity index (χ3v) is 7.33. The number of aliphatic carboxylic acids is 1. The van der Waals surface area contributed by atoms with E-state index in [1.165, 1.54) is 0 Å². The quantitative estimate of drug-likeness (QED) is 0.229. The molecule has 0 bridgehead atoms. The summed E-state index contributed by atoms with van der Waals surface area (Å²) in [5.74, 6) is -1.49. The number of epoxide rings is 1. The largest absolute Gasteiger partial charge is 0.481 e. The summed E-state index contributed by atoms with van der Waals surface area (Å²) in [5.41, 5.74) is -0.636. The molecular weight excluding hydrogens is 404 g/mol. The van der Waals surface area contributed by atoms with Gasteiger partial charge in [-0.05, 0) is 37.5 Å². The maximum Gasteiger partial charge on any atom is 0.308 e. The molecule has 0 aromatic heterocycles. The number of ether oxygens (including phenoxy) is 2. The molecule has 8 nitrogen and oxygen atoms in total. The van der Waals surface area contributed by atoms with Crippen LogP contribution in [0.15, 0.2) is 12.2 Å². The van der Waals surface area contributed by atoms with Crippen LogP contribution in [0.1, 0.15) is 59.3 Å². The Bertz CT molecular complexity index is 693. The molecule has 8 heteroatoms. The Hall–Kier alpha value is -1.48. The number of aliphatic hydroxyl groups is 3. The van der Waals surface area contributed by atoms with Crippen molar-refractivity contribution >= 4 is 11.9 Å². The van der Waals surface area contributed by atoms with Crippen LogP contribution >= 0.6 is 0 Å². The fraction of sp³-hybridized carbons (Fsp3) is 0.826. The molecule has 3 rings (SSSR count). The van der Waals surface area contributed by atoms with Crippen molar-refractivity contribution in [3.63, 3.8) is 0 Å². The molecule has 0 aromatic carbocycles. The average molecular weight is 441 g/mol. The van der Waals surface area contributed by atoms with Crippen LogP contribution in [-0.2, 0) is 19.1 Å². The molecule has 1 aliphatic heterocycles. The molecule has 0 aromatic rings. The van der Waals surface area contributed by atoms with Crippen molar-refractivity contribution in [2.45, 2.75) is 95.4 Å². The first kappa shape index (κ1) is 24.2. The second-order valence-electron chi connectivity index (χ2n) is 9.61. The van der Waals surface area contributed by atoms with Gasteiger partial charge < -0.3 is 29.9 Å². The number of hydrogen-bond acceptors (Lipinski definition) is 7. The van der Waals surface area contributed by atoms with E-state index in [2.05, 4.69) is 13.0 Å². The Morgan fingerprint density at radius 2 is 2.00 bits per heavy atom. The minimum absolute atomic E-state index is 0.00329. The molecule has 1 spiro atoms. The third kappa shape index (κ3) is 5.13. The van der Waals surface area contributed by atoms with Crippen LogP contribution in [0, 0.1) is 23.7 Å². The second kappa shape index (κ2) is 9.57. The summed E-state index contributed by atoms with van der Waals surface area (Å²) >= 11 is 0. The summed E-state index contributed by atoms with van der Waals surface area (Å²) in [6, 6.07) is 0. The molecule has 2 fully saturated rings. The fourth-order valence-electron chi connectivity index (χ4n) is 5.36. The average Bonchev–Trinajstić information content (AvgIpc) is 3.42. The van der Waals surface area contributed by atoms with Gasteiger partial charge in [0.05, 0.1) is 30.7 Å². The maximum atomic E-state index is 12.5. The van der Waals surface area contributed by atoms with Crippen molar-refractivity contribution in [2.75, 3.05) is 0 Å². The topological polar surface area (TPSA) is 137 Å². The van der Waals surface area contributed by atoms with Gasteiger partial charge in [0.15, 0.2) is 0 Å². The molecule has 31 heavy (non-hydrogen) atoms. The first-order valence-electron chi connectivity index (χ1n) is 11.4. The van der Waals surface area contributed by atoms with E-state index in [4.69, 9.17) is 14.6 Å². The number of carbonyl (C=O) groups is 2. The van der Waals surface area contributed by atoms with Crippen LogP contribution in [0.5, 0.6) is 0 Å². The summed E-state index contributed by atoms with van der Waals surface area (Å²) < 4.78 is 11.9. The highest BCUT2D eigenvalue weighted by Crippen LogP contribution is 2.59. The summed E-state index contributed by atoms with van der Waals surface area (Å²) in [7, 11) is 0. The van der Waals surface area contributed by atoms with E-state index in [-0.39, 0.29) is 42.2 Å². The first-order valence-corrected chi connectivity index (χ1v) is 11.4. The summed E-state index contributed by atoms with van der Waals surface area (Å²) in [5, 5.41) is 39.4. The summed E-state index contributed by atoms with van der Waals surface area (Å²) in [6.07, 6.45) is 2.31. The zero-order chi connectivity index (χ0) is 22.9. The van der Waals surface area contributed by atoms with Crippen LogP contribution < -0.4 is 0 Å². The molecule has 0 radical (unpaired) electrons. The van der Waals surface area contributed by atoms with Crippen molar-refractivity contribution in [1.82, 2.24) is 0 Å². The number of carboxylic acids is 1. The van der Waals surface area contributed by atoms with Crippen molar-refractivity contribution in [2.24, 2.45) is 23.7 Å². The number of esters is 1. The molecule has 1 saturated carbocycles. The van der Waals surface area contributed by atoms with Gasteiger partial charge in [0.2, 0.25) is 0 Å². The van der Waals surface area contributed by atoms with Crippen LogP contribution in [0.4, 0.5) is 0 Å². The zero-order valence-corrected chi connectivity index (χ0v) is 18.5. The molecule has 2 aliphatic carbocycles. The van der Waals surface area contributed by atoms with Gasteiger partial charge in [-0.25, -0.2) is 0 Å². The van der Waals surface area contributed by atoms with E-state index in [1.807, 2.05) is 19.9 Å². The predicted molar refractivity (Wildman–Crippen MR) is 111 cm³/mol. The second-order valence-corrected chi connectivity index (χ2v) is 9.61. The number of allylic oxidation sites excluding steroid dienone is 1. The highest BCUT2D eigenvalue weighted by Gasteiger charge is 2.71. The number of rotatable bonds is 10. The van der Waals surface area contributed by atoms with Crippen molar-refractivity contribution in [3.05, 3.63) is 12.2 Å². The third-order valence-electron chi connectivity index (χ3n) is 7.33. The van der Waals surface area contributed by atoms with Gasteiger partial charge in [0, 0.05) is 12.3 Å². The van der Waals surface area contributed by atoms with Gasteiger partial charge in [-0.1, -0.05) is 32.9 Å².